The average molecular weight is 484 g/mol. The Kier molecular flexibility index (Phi) is 5.40. The van der Waals surface area contributed by atoms with Gasteiger partial charge in [-0.1, -0.05) is 52.7 Å². The van der Waals surface area contributed by atoms with Crippen molar-refractivity contribution in [3.63, 3.8) is 0 Å². The molecule has 0 fully saturated rings. The number of thiophene rings is 1. The van der Waals surface area contributed by atoms with E-state index in [0.29, 0.717) is 26.6 Å². The number of halogens is 2. The van der Waals surface area contributed by atoms with Gasteiger partial charge in [0.2, 0.25) is 0 Å². The van der Waals surface area contributed by atoms with Crippen molar-refractivity contribution in [1.82, 2.24) is 9.97 Å². The molecule has 3 aromatic heterocycles. The van der Waals surface area contributed by atoms with Gasteiger partial charge in [-0.25, -0.2) is 4.98 Å². The first kappa shape index (κ1) is 20.4. The number of thiazole rings is 1. The largest absolute Gasteiger partial charge is 0.279 e. The zero-order chi connectivity index (χ0) is 21.5. The van der Waals surface area contributed by atoms with Gasteiger partial charge >= 0.3 is 0 Å². The van der Waals surface area contributed by atoms with Crippen LogP contribution in [0.15, 0.2) is 60.9 Å². The number of hydrogen-bond acceptors (Lipinski definition) is 5. The van der Waals surface area contributed by atoms with Crippen LogP contribution in [0.1, 0.15) is 20.8 Å². The van der Waals surface area contributed by atoms with Crippen LogP contribution in [0, 0.1) is 6.92 Å². The SMILES string of the molecule is Cc1cc(Cl)cc2sc(N(Cc3ccncc3)C(=O)c3sc4ccccc4c3Cl)nc12. The van der Waals surface area contributed by atoms with E-state index in [0.717, 1.165) is 31.4 Å². The molecule has 0 radical (unpaired) electrons. The molecule has 0 unspecified atom stereocenters. The molecule has 2 aromatic carbocycles. The maximum Gasteiger partial charge on any atom is 0.272 e. The summed E-state index contributed by atoms with van der Waals surface area (Å²) in [5.74, 6) is -0.175. The molecule has 0 saturated carbocycles. The van der Waals surface area contributed by atoms with Crippen LogP contribution >= 0.6 is 45.9 Å². The lowest BCUT2D eigenvalue weighted by atomic mass is 10.2. The average Bonchev–Trinajstić information content (AvgIpc) is 3.34. The van der Waals surface area contributed by atoms with Gasteiger partial charge in [-0.15, -0.1) is 11.3 Å². The topological polar surface area (TPSA) is 46.1 Å². The third-order valence-electron chi connectivity index (χ3n) is 4.93. The summed E-state index contributed by atoms with van der Waals surface area (Å²) in [7, 11) is 0. The molecule has 0 atom stereocenters. The summed E-state index contributed by atoms with van der Waals surface area (Å²) in [6.07, 6.45) is 3.43. The van der Waals surface area contributed by atoms with Crippen LogP contribution in [0.3, 0.4) is 0 Å². The van der Waals surface area contributed by atoms with Crippen LogP contribution in [-0.4, -0.2) is 15.9 Å². The van der Waals surface area contributed by atoms with E-state index in [1.54, 1.807) is 17.3 Å². The molecule has 0 N–H and O–H groups in total. The molecule has 4 nitrogen and oxygen atoms in total. The maximum absolute atomic E-state index is 13.7. The normalized spacial score (nSPS) is 11.3. The van der Waals surface area contributed by atoms with Crippen molar-refractivity contribution in [1.29, 1.82) is 0 Å². The van der Waals surface area contributed by atoms with Crippen LogP contribution in [0.5, 0.6) is 0 Å². The van der Waals surface area contributed by atoms with Gasteiger partial charge in [-0.05, 0) is 48.4 Å². The van der Waals surface area contributed by atoms with Crippen LogP contribution in [0.4, 0.5) is 5.13 Å². The van der Waals surface area contributed by atoms with Crippen molar-refractivity contribution in [2.75, 3.05) is 4.90 Å². The molecular weight excluding hydrogens is 469 g/mol. The van der Waals surface area contributed by atoms with E-state index < -0.39 is 0 Å². The smallest absolute Gasteiger partial charge is 0.272 e. The highest BCUT2D eigenvalue weighted by Crippen LogP contribution is 2.39. The number of aromatic nitrogens is 2. The highest BCUT2D eigenvalue weighted by Gasteiger charge is 2.26. The van der Waals surface area contributed by atoms with E-state index in [1.165, 1.54) is 22.7 Å². The third kappa shape index (κ3) is 3.81. The number of aryl methyl sites for hydroxylation is 1. The first-order chi connectivity index (χ1) is 15.0. The van der Waals surface area contributed by atoms with Gasteiger partial charge in [0.15, 0.2) is 5.13 Å². The van der Waals surface area contributed by atoms with Crippen LogP contribution < -0.4 is 4.90 Å². The minimum Gasteiger partial charge on any atom is -0.279 e. The summed E-state index contributed by atoms with van der Waals surface area (Å²) in [5.41, 5.74) is 2.77. The van der Waals surface area contributed by atoms with E-state index in [1.807, 2.05) is 55.5 Å². The molecule has 3 heterocycles. The first-order valence-electron chi connectivity index (χ1n) is 9.46. The number of carbonyl (C=O) groups is 1. The second-order valence-electron chi connectivity index (χ2n) is 7.05. The lowest BCUT2D eigenvalue weighted by molar-refractivity contribution is 0.0989. The number of hydrogen-bond donors (Lipinski definition) is 0. The zero-order valence-electron chi connectivity index (χ0n) is 16.3. The van der Waals surface area contributed by atoms with E-state index in [2.05, 4.69) is 4.98 Å². The molecular formula is C23H15Cl2N3OS2. The first-order valence-corrected chi connectivity index (χ1v) is 11.8. The summed E-state index contributed by atoms with van der Waals surface area (Å²) in [4.78, 5) is 24.8. The fourth-order valence-electron chi connectivity index (χ4n) is 3.43. The van der Waals surface area contributed by atoms with Crippen molar-refractivity contribution in [2.45, 2.75) is 13.5 Å². The van der Waals surface area contributed by atoms with Crippen LogP contribution in [0.2, 0.25) is 10.0 Å². The lowest BCUT2D eigenvalue weighted by Gasteiger charge is -2.19. The Morgan fingerprint density at radius 1 is 1.03 bits per heavy atom. The molecule has 5 rings (SSSR count). The summed E-state index contributed by atoms with van der Waals surface area (Å²) < 4.78 is 1.92. The number of fused-ring (bicyclic) bond motifs is 2. The maximum atomic E-state index is 13.7. The van der Waals surface area contributed by atoms with Gasteiger partial charge in [-0.3, -0.25) is 14.7 Å². The molecule has 0 bridgehead atoms. The molecule has 0 aliphatic carbocycles. The molecule has 31 heavy (non-hydrogen) atoms. The predicted molar refractivity (Wildman–Crippen MR) is 131 cm³/mol. The van der Waals surface area contributed by atoms with Gasteiger partial charge in [0.25, 0.3) is 5.91 Å². The van der Waals surface area contributed by atoms with E-state index >= 15 is 0 Å². The molecule has 8 heteroatoms. The number of carbonyl (C=O) groups excluding carboxylic acids is 1. The third-order valence-corrected chi connectivity index (χ3v) is 7.84. The second kappa shape index (κ2) is 8.20. The standard InChI is InChI=1S/C23H15Cl2N3OS2/c1-13-10-15(24)11-18-20(13)27-23(31-18)28(12-14-6-8-26-9-7-14)22(29)21-19(25)16-4-2-3-5-17(16)30-21/h2-11H,12H2,1H3. The summed E-state index contributed by atoms with van der Waals surface area (Å²) in [6, 6.07) is 15.3. The number of nitrogens with zero attached hydrogens (tertiary/aromatic N) is 3. The number of rotatable bonds is 4. The molecule has 0 spiro atoms. The highest BCUT2D eigenvalue weighted by molar-refractivity contribution is 7.23. The Morgan fingerprint density at radius 3 is 2.58 bits per heavy atom. The van der Waals surface area contributed by atoms with E-state index in [-0.39, 0.29) is 5.91 Å². The quantitative estimate of drug-likeness (QED) is 0.268. The molecule has 1 amide bonds. The van der Waals surface area contributed by atoms with Crippen LogP contribution in [0.25, 0.3) is 20.3 Å². The number of anilines is 1. The fraction of sp³-hybridized carbons (Fsp3) is 0.0870. The van der Waals surface area contributed by atoms with E-state index in [4.69, 9.17) is 28.2 Å². The van der Waals surface area contributed by atoms with Gasteiger partial charge in [-0.2, -0.15) is 0 Å². The lowest BCUT2D eigenvalue weighted by Crippen LogP contribution is -2.30. The summed E-state index contributed by atoms with van der Waals surface area (Å²) in [6.45, 7) is 2.33. The molecule has 0 aliphatic rings. The number of pyridine rings is 1. The van der Waals surface area contributed by atoms with Crippen molar-refractivity contribution < 1.29 is 4.79 Å². The molecule has 154 valence electrons. The van der Waals surface area contributed by atoms with Crippen molar-refractivity contribution in [3.05, 3.63) is 87.0 Å². The summed E-state index contributed by atoms with van der Waals surface area (Å²) >= 11 is 15.7. The van der Waals surface area contributed by atoms with Gasteiger partial charge in [0.05, 0.1) is 21.8 Å². The van der Waals surface area contributed by atoms with Gasteiger partial charge in [0.1, 0.15) is 4.88 Å². The minimum atomic E-state index is -0.175. The van der Waals surface area contributed by atoms with E-state index in [9.17, 15) is 4.79 Å². The molecule has 5 aromatic rings. The Balaban J connectivity index is 1.64. The minimum absolute atomic E-state index is 0.175. The van der Waals surface area contributed by atoms with Gasteiger partial charge in [0, 0.05) is 27.5 Å². The highest BCUT2D eigenvalue weighted by atomic mass is 35.5. The zero-order valence-corrected chi connectivity index (χ0v) is 19.4. The Morgan fingerprint density at radius 2 is 1.81 bits per heavy atom. The predicted octanol–water partition coefficient (Wildman–Crippen LogP) is 7.37. The van der Waals surface area contributed by atoms with Crippen molar-refractivity contribution in [2.24, 2.45) is 0 Å². The van der Waals surface area contributed by atoms with Crippen molar-refractivity contribution >= 4 is 77.2 Å². The Labute approximate surface area is 196 Å². The Bertz CT molecular complexity index is 1430. The monoisotopic (exact) mass is 483 g/mol. The number of amides is 1. The van der Waals surface area contributed by atoms with Crippen LogP contribution in [-0.2, 0) is 6.54 Å². The van der Waals surface area contributed by atoms with Gasteiger partial charge < -0.3 is 0 Å². The van der Waals surface area contributed by atoms with Crippen molar-refractivity contribution in [3.8, 4) is 0 Å². The molecule has 0 aliphatic heterocycles. The fourth-order valence-corrected chi connectivity index (χ4v) is 6.31. The molecule has 0 saturated heterocycles. The number of benzene rings is 2. The second-order valence-corrected chi connectivity index (χ2v) is 9.93. The Hall–Kier alpha value is -2.51. The summed E-state index contributed by atoms with van der Waals surface area (Å²) in [5, 5.41) is 2.62.